The Labute approximate surface area is 200 Å². The predicted octanol–water partition coefficient (Wildman–Crippen LogP) is 5.94. The number of piperidine rings is 1. The Balaban J connectivity index is 1.50. The van der Waals surface area contributed by atoms with Gasteiger partial charge >= 0.3 is 0 Å². The van der Waals surface area contributed by atoms with Gasteiger partial charge < -0.3 is 9.47 Å². The molecule has 0 saturated carbocycles. The van der Waals surface area contributed by atoms with Gasteiger partial charge in [-0.3, -0.25) is 9.59 Å². The molecule has 1 aromatic heterocycles. The number of carbonyl (C=O) groups excluding carboxylic acids is 2. The van der Waals surface area contributed by atoms with E-state index < -0.39 is 17.7 Å². The normalized spacial score (nSPS) is 15.9. The standard InChI is InChI=1S/C24H23Cl2F2N3O2/c1-13(2)22(31-12-29-20-10-18(27)19(28)11-21(20)31)24(33)30-7-5-14(6-8-30)23(32)15-3-4-16(25)17(26)9-15/h3-4,9-14,22H,5-8H2,1-2H3. The number of ketones is 1. The number of carbonyl (C=O) groups is 2. The Kier molecular flexibility index (Phi) is 6.73. The van der Waals surface area contributed by atoms with Crippen LogP contribution in [-0.2, 0) is 4.79 Å². The average Bonchev–Trinajstić information content (AvgIpc) is 3.17. The summed E-state index contributed by atoms with van der Waals surface area (Å²) in [5.74, 6) is -2.43. The van der Waals surface area contributed by atoms with Gasteiger partial charge in [0.05, 0.1) is 27.4 Å². The maximum atomic E-state index is 13.9. The molecule has 2 heterocycles. The summed E-state index contributed by atoms with van der Waals surface area (Å²) >= 11 is 12.0. The van der Waals surface area contributed by atoms with Crippen molar-refractivity contribution >= 4 is 45.9 Å². The monoisotopic (exact) mass is 493 g/mol. The molecule has 33 heavy (non-hydrogen) atoms. The zero-order valence-corrected chi connectivity index (χ0v) is 19.7. The van der Waals surface area contributed by atoms with Gasteiger partial charge in [0.15, 0.2) is 17.4 Å². The molecular weight excluding hydrogens is 471 g/mol. The molecule has 1 amide bonds. The number of hydrogen-bond donors (Lipinski definition) is 0. The number of imidazole rings is 1. The van der Waals surface area contributed by atoms with Crippen molar-refractivity contribution in [1.29, 1.82) is 0 Å². The van der Waals surface area contributed by atoms with Gasteiger partial charge in [0.2, 0.25) is 5.91 Å². The third-order valence-corrected chi connectivity index (χ3v) is 6.92. The quantitative estimate of drug-likeness (QED) is 0.413. The van der Waals surface area contributed by atoms with E-state index in [9.17, 15) is 18.4 Å². The molecule has 1 unspecified atom stereocenters. The fraction of sp³-hybridized carbons (Fsp3) is 0.375. The number of Topliss-reactive ketones (excluding diaryl/α,β-unsaturated/α-hetero) is 1. The second-order valence-corrected chi connectivity index (χ2v) is 9.50. The number of nitrogens with zero attached hydrogens (tertiary/aromatic N) is 3. The van der Waals surface area contributed by atoms with Gasteiger partial charge in [-0.1, -0.05) is 37.0 Å². The minimum atomic E-state index is -0.985. The molecule has 9 heteroatoms. The highest BCUT2D eigenvalue weighted by atomic mass is 35.5. The van der Waals surface area contributed by atoms with E-state index in [0.29, 0.717) is 52.6 Å². The zero-order valence-electron chi connectivity index (χ0n) is 18.2. The number of aromatic nitrogens is 2. The van der Waals surface area contributed by atoms with Crippen LogP contribution in [-0.4, -0.2) is 39.2 Å². The van der Waals surface area contributed by atoms with Gasteiger partial charge in [0.25, 0.3) is 0 Å². The van der Waals surface area contributed by atoms with E-state index in [0.717, 1.165) is 12.1 Å². The van der Waals surface area contributed by atoms with Crippen LogP contribution in [0.25, 0.3) is 11.0 Å². The topological polar surface area (TPSA) is 55.2 Å². The molecule has 1 aliphatic heterocycles. The summed E-state index contributed by atoms with van der Waals surface area (Å²) in [5.41, 5.74) is 1.16. The molecule has 0 spiro atoms. The second-order valence-electron chi connectivity index (χ2n) is 8.69. The first kappa shape index (κ1) is 23.6. The Morgan fingerprint density at radius 2 is 1.70 bits per heavy atom. The van der Waals surface area contributed by atoms with E-state index in [1.807, 2.05) is 13.8 Å². The third kappa shape index (κ3) is 4.62. The van der Waals surface area contributed by atoms with Gasteiger partial charge in [0, 0.05) is 36.7 Å². The largest absolute Gasteiger partial charge is 0.341 e. The minimum Gasteiger partial charge on any atom is -0.341 e. The molecule has 3 aromatic rings. The molecule has 1 saturated heterocycles. The fourth-order valence-electron chi connectivity index (χ4n) is 4.40. The van der Waals surface area contributed by atoms with Crippen LogP contribution < -0.4 is 0 Å². The fourth-order valence-corrected chi connectivity index (χ4v) is 4.70. The maximum Gasteiger partial charge on any atom is 0.245 e. The van der Waals surface area contributed by atoms with Crippen molar-refractivity contribution in [2.45, 2.75) is 32.7 Å². The van der Waals surface area contributed by atoms with Crippen LogP contribution in [0.5, 0.6) is 0 Å². The van der Waals surface area contributed by atoms with Crippen LogP contribution in [0.3, 0.4) is 0 Å². The molecule has 0 bridgehead atoms. The molecular formula is C24H23Cl2F2N3O2. The number of benzene rings is 2. The molecule has 0 radical (unpaired) electrons. The summed E-state index contributed by atoms with van der Waals surface area (Å²) in [7, 11) is 0. The van der Waals surface area contributed by atoms with Crippen molar-refractivity contribution < 1.29 is 18.4 Å². The van der Waals surface area contributed by atoms with Gasteiger partial charge in [0.1, 0.15) is 6.04 Å². The van der Waals surface area contributed by atoms with E-state index in [4.69, 9.17) is 23.2 Å². The average molecular weight is 494 g/mol. The maximum absolute atomic E-state index is 13.9. The minimum absolute atomic E-state index is 0.0146. The summed E-state index contributed by atoms with van der Waals surface area (Å²) in [6, 6.07) is 6.32. The molecule has 0 N–H and O–H groups in total. The Morgan fingerprint density at radius 3 is 2.33 bits per heavy atom. The van der Waals surface area contributed by atoms with E-state index in [-0.39, 0.29) is 23.5 Å². The van der Waals surface area contributed by atoms with Crippen LogP contribution in [0.1, 0.15) is 43.1 Å². The smallest absolute Gasteiger partial charge is 0.245 e. The molecule has 1 aliphatic rings. The Morgan fingerprint density at radius 1 is 1.03 bits per heavy atom. The van der Waals surface area contributed by atoms with Crippen molar-refractivity contribution in [3.05, 3.63) is 63.9 Å². The number of fused-ring (bicyclic) bond motifs is 1. The first-order valence-corrected chi connectivity index (χ1v) is 11.5. The summed E-state index contributed by atoms with van der Waals surface area (Å²) < 4.78 is 29.1. The molecule has 4 rings (SSSR count). The zero-order chi connectivity index (χ0) is 23.9. The molecule has 5 nitrogen and oxygen atoms in total. The van der Waals surface area contributed by atoms with Crippen molar-refractivity contribution in [3.8, 4) is 0 Å². The number of rotatable bonds is 5. The number of amides is 1. The van der Waals surface area contributed by atoms with Crippen molar-refractivity contribution in [1.82, 2.24) is 14.5 Å². The Bertz CT molecular complexity index is 1220. The lowest BCUT2D eigenvalue weighted by Crippen LogP contribution is -2.44. The highest BCUT2D eigenvalue weighted by Gasteiger charge is 2.34. The molecule has 1 atom stereocenters. The SMILES string of the molecule is CC(C)C(C(=O)N1CCC(C(=O)c2ccc(Cl)c(Cl)c2)CC1)n1cnc2cc(F)c(F)cc21. The van der Waals surface area contributed by atoms with Crippen LogP contribution in [0, 0.1) is 23.5 Å². The molecule has 174 valence electrons. The highest BCUT2D eigenvalue weighted by Crippen LogP contribution is 2.31. The lowest BCUT2D eigenvalue weighted by atomic mass is 9.88. The summed E-state index contributed by atoms with van der Waals surface area (Å²) in [4.78, 5) is 32.2. The van der Waals surface area contributed by atoms with E-state index in [1.54, 1.807) is 27.7 Å². The summed E-state index contributed by atoms with van der Waals surface area (Å²) in [6.45, 7) is 4.65. The van der Waals surface area contributed by atoms with E-state index >= 15 is 0 Å². The van der Waals surface area contributed by atoms with Gasteiger partial charge in [-0.15, -0.1) is 0 Å². The molecule has 1 fully saturated rings. The number of likely N-dealkylation sites (tertiary alicyclic amines) is 1. The number of hydrogen-bond acceptors (Lipinski definition) is 3. The second kappa shape index (κ2) is 9.39. The first-order valence-electron chi connectivity index (χ1n) is 10.8. The van der Waals surface area contributed by atoms with E-state index in [2.05, 4.69) is 4.98 Å². The van der Waals surface area contributed by atoms with Crippen molar-refractivity contribution in [2.24, 2.45) is 11.8 Å². The van der Waals surface area contributed by atoms with Gasteiger partial charge in [-0.2, -0.15) is 0 Å². The lowest BCUT2D eigenvalue weighted by molar-refractivity contribution is -0.137. The van der Waals surface area contributed by atoms with Gasteiger partial charge in [-0.25, -0.2) is 13.8 Å². The summed E-state index contributed by atoms with van der Waals surface area (Å²) in [6.07, 6.45) is 2.51. The van der Waals surface area contributed by atoms with Crippen molar-refractivity contribution in [2.75, 3.05) is 13.1 Å². The van der Waals surface area contributed by atoms with Gasteiger partial charge in [-0.05, 0) is 37.0 Å². The van der Waals surface area contributed by atoms with Crippen LogP contribution in [0.15, 0.2) is 36.7 Å². The third-order valence-electron chi connectivity index (χ3n) is 6.18. The van der Waals surface area contributed by atoms with Crippen LogP contribution in [0.2, 0.25) is 10.0 Å². The first-order chi connectivity index (χ1) is 15.7. The lowest BCUT2D eigenvalue weighted by Gasteiger charge is -2.35. The highest BCUT2D eigenvalue weighted by molar-refractivity contribution is 6.42. The molecule has 2 aromatic carbocycles. The van der Waals surface area contributed by atoms with Crippen LogP contribution >= 0.6 is 23.2 Å². The summed E-state index contributed by atoms with van der Waals surface area (Å²) in [5, 5.41) is 0.724. The predicted molar refractivity (Wildman–Crippen MR) is 124 cm³/mol. The van der Waals surface area contributed by atoms with Crippen molar-refractivity contribution in [3.63, 3.8) is 0 Å². The van der Waals surface area contributed by atoms with E-state index in [1.165, 1.54) is 6.33 Å². The number of halogens is 4. The Hall–Kier alpha value is -2.51. The van der Waals surface area contributed by atoms with Crippen LogP contribution in [0.4, 0.5) is 8.78 Å². The molecule has 0 aliphatic carbocycles.